The number of nitrogens with zero attached hydrogens (tertiary/aromatic N) is 1. The minimum Gasteiger partial charge on any atom is -0.321 e. The van der Waals surface area contributed by atoms with Crippen LogP contribution in [0.3, 0.4) is 0 Å². The molecule has 2 amide bonds. The maximum absolute atomic E-state index is 12.9. The molecule has 3 heterocycles. The number of carbonyl (C=O) groups excluding carboxylic acids is 2. The third-order valence-corrected chi connectivity index (χ3v) is 5.98. The van der Waals surface area contributed by atoms with Crippen LogP contribution in [0.5, 0.6) is 0 Å². The highest BCUT2D eigenvalue weighted by Gasteiger charge is 2.32. The van der Waals surface area contributed by atoms with E-state index >= 15 is 0 Å². The van der Waals surface area contributed by atoms with Gasteiger partial charge in [0.25, 0.3) is 5.91 Å². The summed E-state index contributed by atoms with van der Waals surface area (Å²) in [6.07, 6.45) is 3.86. The lowest BCUT2D eigenvalue weighted by Crippen LogP contribution is -2.22. The highest BCUT2D eigenvalue weighted by atomic mass is 32.1. The standard InChI is InChI=1S/C21H19N3O2S/c1-12-5-3-7-15(9-12)23-20(26)19-13(2)18-16(14-6-4-8-22-11-14)10-17(25)24-21(18)27-19/h3-9,11,16H,10H2,1-2H3,(H,23,26)(H,24,25)/t16-/m0/s1. The lowest BCUT2D eigenvalue weighted by Gasteiger charge is -2.23. The van der Waals surface area contributed by atoms with Crippen molar-refractivity contribution < 1.29 is 9.59 Å². The Balaban J connectivity index is 1.71. The Labute approximate surface area is 161 Å². The van der Waals surface area contributed by atoms with Crippen molar-refractivity contribution in [1.29, 1.82) is 0 Å². The number of aryl methyl sites for hydroxylation is 1. The van der Waals surface area contributed by atoms with E-state index in [1.54, 1.807) is 12.4 Å². The van der Waals surface area contributed by atoms with Crippen molar-refractivity contribution in [3.05, 3.63) is 75.9 Å². The number of carbonyl (C=O) groups is 2. The second kappa shape index (κ2) is 6.96. The number of nitrogens with one attached hydrogen (secondary N) is 2. The predicted octanol–water partition coefficient (Wildman–Crippen LogP) is 4.49. The summed E-state index contributed by atoms with van der Waals surface area (Å²) in [6.45, 7) is 3.93. The third-order valence-electron chi connectivity index (χ3n) is 4.75. The van der Waals surface area contributed by atoms with Gasteiger partial charge in [-0.05, 0) is 54.3 Å². The Morgan fingerprint density at radius 2 is 2.11 bits per heavy atom. The molecule has 136 valence electrons. The average molecular weight is 377 g/mol. The van der Waals surface area contributed by atoms with E-state index in [0.29, 0.717) is 11.3 Å². The van der Waals surface area contributed by atoms with Crippen LogP contribution in [-0.4, -0.2) is 16.8 Å². The van der Waals surface area contributed by atoms with Gasteiger partial charge in [-0.1, -0.05) is 18.2 Å². The largest absolute Gasteiger partial charge is 0.321 e. The van der Waals surface area contributed by atoms with Gasteiger partial charge in [-0.3, -0.25) is 14.6 Å². The zero-order chi connectivity index (χ0) is 19.0. The van der Waals surface area contributed by atoms with Gasteiger partial charge in [0.15, 0.2) is 0 Å². The summed E-state index contributed by atoms with van der Waals surface area (Å²) in [6, 6.07) is 11.5. The molecule has 0 fully saturated rings. The van der Waals surface area contributed by atoms with Crippen molar-refractivity contribution >= 4 is 33.8 Å². The molecule has 1 atom stereocenters. The molecule has 0 unspecified atom stereocenters. The van der Waals surface area contributed by atoms with Crippen LogP contribution < -0.4 is 10.6 Å². The zero-order valence-electron chi connectivity index (χ0n) is 15.1. The van der Waals surface area contributed by atoms with Crippen LogP contribution in [0, 0.1) is 13.8 Å². The van der Waals surface area contributed by atoms with Crippen molar-refractivity contribution in [1.82, 2.24) is 4.98 Å². The molecule has 0 spiro atoms. The third kappa shape index (κ3) is 3.36. The molecule has 27 heavy (non-hydrogen) atoms. The molecule has 0 bridgehead atoms. The number of rotatable bonds is 3. The van der Waals surface area contributed by atoms with Crippen LogP contribution in [0.25, 0.3) is 0 Å². The van der Waals surface area contributed by atoms with Crippen LogP contribution in [0.4, 0.5) is 10.7 Å². The molecule has 0 aliphatic carbocycles. The Hall–Kier alpha value is -2.99. The Bertz CT molecular complexity index is 1030. The van der Waals surface area contributed by atoms with E-state index in [2.05, 4.69) is 15.6 Å². The van der Waals surface area contributed by atoms with Crippen molar-refractivity contribution in [3.8, 4) is 0 Å². The van der Waals surface area contributed by atoms with Gasteiger partial charge >= 0.3 is 0 Å². The molecule has 0 saturated carbocycles. The monoisotopic (exact) mass is 377 g/mol. The van der Waals surface area contributed by atoms with Gasteiger partial charge in [0, 0.05) is 30.4 Å². The van der Waals surface area contributed by atoms with E-state index < -0.39 is 0 Å². The van der Waals surface area contributed by atoms with Crippen LogP contribution in [0.2, 0.25) is 0 Å². The highest BCUT2D eigenvalue weighted by Crippen LogP contribution is 2.45. The number of amides is 2. The minimum atomic E-state index is -0.156. The van der Waals surface area contributed by atoms with Crippen molar-refractivity contribution in [3.63, 3.8) is 0 Å². The molecule has 3 aromatic rings. The molecule has 4 rings (SSSR count). The summed E-state index contributed by atoms with van der Waals surface area (Å²) >= 11 is 1.33. The normalized spacial score (nSPS) is 15.8. The van der Waals surface area contributed by atoms with E-state index in [1.807, 2.05) is 50.2 Å². The molecule has 5 nitrogen and oxygen atoms in total. The molecule has 1 aliphatic heterocycles. The summed E-state index contributed by atoms with van der Waals surface area (Å²) in [5.41, 5.74) is 4.76. The minimum absolute atomic E-state index is 0.0387. The fourth-order valence-electron chi connectivity index (χ4n) is 3.50. The number of thiophene rings is 1. The van der Waals surface area contributed by atoms with Crippen LogP contribution in [0.15, 0.2) is 48.8 Å². The van der Waals surface area contributed by atoms with E-state index in [0.717, 1.165) is 32.9 Å². The topological polar surface area (TPSA) is 71.1 Å². The van der Waals surface area contributed by atoms with Gasteiger partial charge in [-0.15, -0.1) is 11.3 Å². The van der Waals surface area contributed by atoms with Gasteiger partial charge in [-0.2, -0.15) is 0 Å². The van der Waals surface area contributed by atoms with E-state index in [9.17, 15) is 9.59 Å². The van der Waals surface area contributed by atoms with Gasteiger partial charge in [0.1, 0.15) is 0 Å². The fourth-order valence-corrected chi connectivity index (χ4v) is 4.68. The molecule has 2 aromatic heterocycles. The van der Waals surface area contributed by atoms with Crippen LogP contribution in [0.1, 0.15) is 44.3 Å². The lowest BCUT2D eigenvalue weighted by atomic mass is 9.85. The smallest absolute Gasteiger partial charge is 0.266 e. The number of aromatic nitrogens is 1. The first-order valence-electron chi connectivity index (χ1n) is 8.74. The summed E-state index contributed by atoms with van der Waals surface area (Å²) in [5.74, 6) is -0.279. The van der Waals surface area contributed by atoms with Crippen LogP contribution >= 0.6 is 11.3 Å². The summed E-state index contributed by atoms with van der Waals surface area (Å²) in [4.78, 5) is 29.9. The number of fused-ring (bicyclic) bond motifs is 1. The number of hydrogen-bond donors (Lipinski definition) is 2. The second-order valence-electron chi connectivity index (χ2n) is 6.71. The summed E-state index contributed by atoms with van der Waals surface area (Å²) in [5, 5.41) is 6.65. The quantitative estimate of drug-likeness (QED) is 0.707. The van der Waals surface area contributed by atoms with E-state index in [-0.39, 0.29) is 17.7 Å². The number of hydrogen-bond acceptors (Lipinski definition) is 4. The Kier molecular flexibility index (Phi) is 4.49. The Morgan fingerprint density at radius 1 is 1.26 bits per heavy atom. The molecular weight excluding hydrogens is 358 g/mol. The predicted molar refractivity (Wildman–Crippen MR) is 108 cm³/mol. The Morgan fingerprint density at radius 3 is 2.85 bits per heavy atom. The van der Waals surface area contributed by atoms with Crippen molar-refractivity contribution in [2.45, 2.75) is 26.2 Å². The maximum atomic E-state index is 12.9. The van der Waals surface area contributed by atoms with Gasteiger partial charge in [0.2, 0.25) is 5.91 Å². The van der Waals surface area contributed by atoms with Gasteiger partial charge in [0.05, 0.1) is 9.88 Å². The molecule has 6 heteroatoms. The average Bonchev–Trinajstić information content (AvgIpc) is 2.98. The van der Waals surface area contributed by atoms with Crippen molar-refractivity contribution in [2.24, 2.45) is 0 Å². The number of anilines is 2. The van der Waals surface area contributed by atoms with Crippen LogP contribution in [-0.2, 0) is 4.79 Å². The lowest BCUT2D eigenvalue weighted by molar-refractivity contribution is -0.116. The zero-order valence-corrected chi connectivity index (χ0v) is 15.9. The maximum Gasteiger partial charge on any atom is 0.266 e. The molecule has 2 N–H and O–H groups in total. The van der Waals surface area contributed by atoms with E-state index in [4.69, 9.17) is 0 Å². The first-order valence-corrected chi connectivity index (χ1v) is 9.55. The molecule has 0 radical (unpaired) electrons. The van der Waals surface area contributed by atoms with E-state index in [1.165, 1.54) is 11.3 Å². The first kappa shape index (κ1) is 17.4. The summed E-state index contributed by atoms with van der Waals surface area (Å²) in [7, 11) is 0. The number of benzene rings is 1. The molecule has 1 aliphatic rings. The second-order valence-corrected chi connectivity index (χ2v) is 7.73. The summed E-state index contributed by atoms with van der Waals surface area (Å²) < 4.78 is 0. The number of pyridine rings is 1. The van der Waals surface area contributed by atoms with Gasteiger partial charge < -0.3 is 10.6 Å². The molecule has 1 aromatic carbocycles. The SMILES string of the molecule is Cc1cccc(NC(=O)c2sc3c(c2C)[C@H](c2cccnc2)CC(=O)N3)c1. The molecular formula is C21H19N3O2S. The highest BCUT2D eigenvalue weighted by molar-refractivity contribution is 7.18. The fraction of sp³-hybridized carbons (Fsp3) is 0.190. The van der Waals surface area contributed by atoms with Gasteiger partial charge in [-0.25, -0.2) is 0 Å². The first-order chi connectivity index (χ1) is 13.0. The molecule has 0 saturated heterocycles. The van der Waals surface area contributed by atoms with Crippen molar-refractivity contribution in [2.75, 3.05) is 10.6 Å².